The molecule has 10 nitrogen and oxygen atoms in total. The number of aromatic nitrogens is 5. The van der Waals surface area contributed by atoms with Crippen molar-refractivity contribution in [3.63, 3.8) is 0 Å². The van der Waals surface area contributed by atoms with E-state index in [0.717, 1.165) is 38.3 Å². The Bertz CT molecular complexity index is 1320. The van der Waals surface area contributed by atoms with Gasteiger partial charge in [-0.3, -0.25) is 9.78 Å². The first-order chi connectivity index (χ1) is 18.9. The minimum atomic E-state index is -0.472. The Morgan fingerprint density at radius 3 is 2.62 bits per heavy atom. The van der Waals surface area contributed by atoms with Crippen molar-refractivity contribution in [3.05, 3.63) is 63.3 Å². The Balaban J connectivity index is 1.04. The average molecular weight is 558 g/mol. The van der Waals surface area contributed by atoms with Crippen LogP contribution in [0, 0.1) is 23.6 Å². The maximum absolute atomic E-state index is 14.7. The van der Waals surface area contributed by atoms with Crippen LogP contribution < -0.4 is 15.3 Å². The number of hydrogen-bond acceptors (Lipinski definition) is 7. The van der Waals surface area contributed by atoms with Crippen LogP contribution >= 0.6 is 11.6 Å². The highest BCUT2D eigenvalue weighted by atomic mass is 35.5. The molecule has 2 aliphatic rings. The maximum Gasteiger partial charge on any atom is 0.340 e. The first-order valence-electron chi connectivity index (χ1n) is 13.4. The molecule has 3 aromatic rings. The molecule has 1 aromatic carbocycles. The van der Waals surface area contributed by atoms with E-state index in [1.807, 2.05) is 0 Å². The van der Waals surface area contributed by atoms with Crippen molar-refractivity contribution in [2.75, 3.05) is 31.6 Å². The van der Waals surface area contributed by atoms with E-state index < -0.39 is 11.5 Å². The molecule has 12 heteroatoms. The minimum Gasteiger partial charge on any atom is -0.493 e. The third-order valence-corrected chi connectivity index (χ3v) is 8.19. The van der Waals surface area contributed by atoms with Gasteiger partial charge < -0.3 is 14.5 Å². The fourth-order valence-electron chi connectivity index (χ4n) is 5.65. The quantitative estimate of drug-likeness (QED) is 0.391. The third kappa shape index (κ3) is 6.76. The highest BCUT2D eigenvalue weighted by molar-refractivity contribution is 6.30. The van der Waals surface area contributed by atoms with Gasteiger partial charge in [0.15, 0.2) is 5.82 Å². The molecule has 2 fully saturated rings. The number of ether oxygens (including phenoxy) is 1. The lowest BCUT2D eigenvalue weighted by molar-refractivity contribution is -0.129. The van der Waals surface area contributed by atoms with Crippen molar-refractivity contribution >= 4 is 23.5 Å². The molecule has 2 N–H and O–H groups in total. The van der Waals surface area contributed by atoms with Crippen LogP contribution in [0.3, 0.4) is 0 Å². The largest absolute Gasteiger partial charge is 0.493 e. The molecule has 0 spiro atoms. The van der Waals surface area contributed by atoms with Crippen LogP contribution in [-0.4, -0.2) is 62.7 Å². The zero-order valence-corrected chi connectivity index (χ0v) is 22.7. The summed E-state index contributed by atoms with van der Waals surface area (Å²) in [6, 6.07) is 4.65. The number of amides is 1. The second kappa shape index (κ2) is 12.1. The summed E-state index contributed by atoms with van der Waals surface area (Å²) < 4.78 is 20.6. The van der Waals surface area contributed by atoms with Crippen LogP contribution in [-0.2, 0) is 17.8 Å². The van der Waals surface area contributed by atoms with Crippen molar-refractivity contribution in [1.29, 1.82) is 0 Å². The number of nitrogens with zero attached hydrogens (tertiary/aromatic N) is 5. The van der Waals surface area contributed by atoms with Crippen LogP contribution in [0.5, 0.6) is 5.75 Å². The Labute approximate surface area is 230 Å². The van der Waals surface area contributed by atoms with Gasteiger partial charge in [-0.05, 0) is 61.5 Å². The highest BCUT2D eigenvalue weighted by Gasteiger charge is 2.38. The van der Waals surface area contributed by atoms with Crippen LogP contribution in [0.1, 0.15) is 43.5 Å². The molecule has 2 aromatic heterocycles. The molecule has 3 heterocycles. The average Bonchev–Trinajstić information content (AvgIpc) is 3.32. The van der Waals surface area contributed by atoms with Crippen LogP contribution in [0.2, 0.25) is 5.02 Å². The number of benzene rings is 1. The van der Waals surface area contributed by atoms with Gasteiger partial charge in [0.2, 0.25) is 11.9 Å². The second-order valence-electron chi connectivity index (χ2n) is 10.5. The lowest BCUT2D eigenvalue weighted by atomic mass is 9.63. The minimum absolute atomic E-state index is 0.0933. The van der Waals surface area contributed by atoms with Gasteiger partial charge in [-0.15, -0.1) is 0 Å². The molecule has 0 radical (unpaired) electrons. The topological polar surface area (TPSA) is 120 Å². The van der Waals surface area contributed by atoms with E-state index in [4.69, 9.17) is 16.3 Å². The van der Waals surface area contributed by atoms with Crippen LogP contribution in [0.15, 0.2) is 35.4 Å². The van der Waals surface area contributed by atoms with E-state index in [0.29, 0.717) is 46.5 Å². The number of hydrogen-bond donors (Lipinski definition) is 2. The number of carbonyl (C=O) groups excluding carboxylic acids is 1. The van der Waals surface area contributed by atoms with Gasteiger partial charge in [0.25, 0.3) is 0 Å². The maximum atomic E-state index is 14.7. The lowest BCUT2D eigenvalue weighted by Crippen LogP contribution is -2.42. The molecule has 1 saturated carbocycles. The number of nitrogens with one attached hydrogen (secondary N) is 2. The summed E-state index contributed by atoms with van der Waals surface area (Å²) in [6.07, 6.45) is 8.88. The third-order valence-electron chi connectivity index (χ3n) is 8.00. The summed E-state index contributed by atoms with van der Waals surface area (Å²) in [5.74, 6) is 2.85. The molecule has 1 aliphatic heterocycles. The van der Waals surface area contributed by atoms with E-state index in [-0.39, 0.29) is 18.9 Å². The summed E-state index contributed by atoms with van der Waals surface area (Å²) in [5, 5.41) is 6.59. The zero-order chi connectivity index (χ0) is 27.4. The van der Waals surface area contributed by atoms with Crippen LogP contribution in [0.4, 0.5) is 10.3 Å². The van der Waals surface area contributed by atoms with Crippen molar-refractivity contribution in [1.82, 2.24) is 30.0 Å². The fraction of sp³-hybridized carbons (Fsp3) is 0.519. The summed E-state index contributed by atoms with van der Waals surface area (Å²) in [5.41, 5.74) is -0.143. The first kappa shape index (κ1) is 27.1. The molecule has 0 bridgehead atoms. The van der Waals surface area contributed by atoms with Gasteiger partial charge >= 0.3 is 5.69 Å². The number of carbonyl (C=O) groups is 1. The van der Waals surface area contributed by atoms with Gasteiger partial charge in [0.1, 0.15) is 11.6 Å². The fourth-order valence-corrected chi connectivity index (χ4v) is 5.75. The Morgan fingerprint density at radius 1 is 1.21 bits per heavy atom. The van der Waals surface area contributed by atoms with Crippen molar-refractivity contribution in [3.8, 4) is 5.75 Å². The van der Waals surface area contributed by atoms with Crippen molar-refractivity contribution in [2.24, 2.45) is 17.8 Å². The number of anilines is 1. The monoisotopic (exact) mass is 557 g/mol. The van der Waals surface area contributed by atoms with E-state index in [2.05, 4.69) is 30.0 Å². The first-order valence-corrected chi connectivity index (χ1v) is 13.7. The zero-order valence-electron chi connectivity index (χ0n) is 21.9. The second-order valence-corrected chi connectivity index (χ2v) is 10.9. The predicted molar refractivity (Wildman–Crippen MR) is 144 cm³/mol. The van der Waals surface area contributed by atoms with Crippen molar-refractivity contribution in [2.45, 2.75) is 45.1 Å². The molecule has 5 rings (SSSR count). The molecule has 2 atom stereocenters. The SMILES string of the molecule is CN(Cc1n[nH]c(=O)[nH]1)C(=O)Cc1ccc(OCC[C@@H]2CCC2C2CCN(c3ncc(Cl)cn3)CC2)cc1F. The standard InChI is InChI=1S/C27H33ClFN7O3/c1-35(16-24-32-27(38)34-33-24)25(37)12-19-2-4-21(13-23(19)29)39-11-8-17-3-5-22(17)18-6-9-36(10-7-18)26-30-14-20(28)15-31-26/h2,4,13-15,17-18,22H,3,5-12,16H2,1H3,(H2,32,33,34,38)/t17-,22?/m0/s1. The molecular formula is C27H33ClFN7O3. The number of halogens is 2. The molecular weight excluding hydrogens is 525 g/mol. The van der Waals surface area contributed by atoms with Gasteiger partial charge in [-0.2, -0.15) is 5.10 Å². The normalized spacial score (nSPS) is 19.5. The lowest BCUT2D eigenvalue weighted by Gasteiger charge is -2.45. The Kier molecular flexibility index (Phi) is 8.44. The molecule has 1 amide bonds. The molecule has 1 unspecified atom stereocenters. The Morgan fingerprint density at radius 2 is 1.97 bits per heavy atom. The van der Waals surface area contributed by atoms with E-state index in [9.17, 15) is 14.0 Å². The molecule has 1 aliphatic carbocycles. The summed E-state index contributed by atoms with van der Waals surface area (Å²) in [4.78, 5) is 38.4. The van der Waals surface area contributed by atoms with E-state index in [1.54, 1.807) is 31.6 Å². The molecule has 1 saturated heterocycles. The summed E-state index contributed by atoms with van der Waals surface area (Å²) in [7, 11) is 1.58. The van der Waals surface area contributed by atoms with E-state index >= 15 is 0 Å². The van der Waals surface area contributed by atoms with Gasteiger partial charge in [-0.25, -0.2) is 24.3 Å². The van der Waals surface area contributed by atoms with E-state index in [1.165, 1.54) is 23.8 Å². The predicted octanol–water partition coefficient (Wildman–Crippen LogP) is 3.59. The van der Waals surface area contributed by atoms with Gasteiger partial charge in [0.05, 0.1) is 37.0 Å². The number of likely N-dealkylation sites (N-methyl/N-ethyl adjacent to an activating group) is 1. The Hall–Kier alpha value is -3.47. The van der Waals surface area contributed by atoms with Gasteiger partial charge in [0, 0.05) is 26.2 Å². The summed E-state index contributed by atoms with van der Waals surface area (Å²) >= 11 is 5.91. The number of H-pyrrole nitrogens is 2. The highest BCUT2D eigenvalue weighted by Crippen LogP contribution is 2.45. The number of rotatable bonds is 10. The van der Waals surface area contributed by atoms with Crippen LogP contribution in [0.25, 0.3) is 0 Å². The van der Waals surface area contributed by atoms with Crippen molar-refractivity contribution < 1.29 is 13.9 Å². The van der Waals surface area contributed by atoms with Gasteiger partial charge in [-0.1, -0.05) is 17.7 Å². The molecule has 208 valence electrons. The molecule has 39 heavy (non-hydrogen) atoms. The number of piperidine rings is 1. The number of aromatic amines is 2. The smallest absolute Gasteiger partial charge is 0.340 e. The summed E-state index contributed by atoms with van der Waals surface area (Å²) in [6.45, 7) is 2.58.